The maximum absolute atomic E-state index is 5.84. The zero-order valence-corrected chi connectivity index (χ0v) is 19.3. The van der Waals surface area contributed by atoms with Gasteiger partial charge in [0.1, 0.15) is 5.76 Å². The second-order valence-corrected chi connectivity index (χ2v) is 8.76. The van der Waals surface area contributed by atoms with E-state index in [0.29, 0.717) is 11.6 Å². The van der Waals surface area contributed by atoms with Gasteiger partial charge in [0.05, 0.1) is 10.6 Å². The van der Waals surface area contributed by atoms with Crippen molar-refractivity contribution in [1.29, 1.82) is 0 Å². The van der Waals surface area contributed by atoms with Gasteiger partial charge in [-0.2, -0.15) is 0 Å². The number of thioether (sulfide) groups is 1. The molecule has 0 saturated heterocycles. The van der Waals surface area contributed by atoms with Gasteiger partial charge >= 0.3 is 0 Å². The lowest BCUT2D eigenvalue weighted by molar-refractivity contribution is 0.542. The average Bonchev–Trinajstić information content (AvgIpc) is 3.49. The molecular formula is C22H25N5OS2. The molecule has 0 aliphatic rings. The van der Waals surface area contributed by atoms with Crippen LogP contribution in [0.1, 0.15) is 25.3 Å². The van der Waals surface area contributed by atoms with E-state index >= 15 is 0 Å². The van der Waals surface area contributed by atoms with Gasteiger partial charge in [-0.15, -0.1) is 21.5 Å². The highest BCUT2D eigenvalue weighted by atomic mass is 32.2. The Morgan fingerprint density at radius 1 is 1.10 bits per heavy atom. The number of benzene rings is 1. The van der Waals surface area contributed by atoms with Crippen LogP contribution >= 0.6 is 23.1 Å². The number of hydrogen-bond acceptors (Lipinski definition) is 7. The van der Waals surface area contributed by atoms with Gasteiger partial charge in [-0.25, -0.2) is 4.98 Å². The highest BCUT2D eigenvalue weighted by Gasteiger charge is 2.16. The third-order valence-electron chi connectivity index (χ3n) is 5.05. The van der Waals surface area contributed by atoms with Crippen LogP contribution in [0.5, 0.6) is 0 Å². The summed E-state index contributed by atoms with van der Waals surface area (Å²) in [7, 11) is 2.00. The lowest BCUT2D eigenvalue weighted by atomic mass is 10.2. The van der Waals surface area contributed by atoms with E-state index in [2.05, 4.69) is 58.2 Å². The molecule has 0 amide bonds. The minimum Gasteiger partial charge on any atom is -0.440 e. The van der Waals surface area contributed by atoms with E-state index in [1.807, 2.05) is 36.1 Å². The summed E-state index contributed by atoms with van der Waals surface area (Å²) in [5.74, 6) is 3.08. The van der Waals surface area contributed by atoms with E-state index < -0.39 is 0 Å². The maximum Gasteiger partial charge on any atom is 0.236 e. The van der Waals surface area contributed by atoms with Gasteiger partial charge in [-0.3, -0.25) is 0 Å². The number of hydrogen-bond donors (Lipinski definition) is 0. The number of nitrogens with zero attached hydrogens (tertiary/aromatic N) is 5. The molecule has 0 fully saturated rings. The van der Waals surface area contributed by atoms with Crippen LogP contribution in [0.25, 0.3) is 22.2 Å². The summed E-state index contributed by atoms with van der Waals surface area (Å²) in [5, 5.41) is 11.7. The molecule has 0 aliphatic carbocycles. The van der Waals surface area contributed by atoms with Crippen LogP contribution in [-0.2, 0) is 12.8 Å². The van der Waals surface area contributed by atoms with E-state index in [0.717, 1.165) is 46.0 Å². The van der Waals surface area contributed by atoms with E-state index in [1.54, 1.807) is 23.1 Å². The summed E-state index contributed by atoms with van der Waals surface area (Å²) in [6.07, 6.45) is 0. The second kappa shape index (κ2) is 9.06. The smallest absolute Gasteiger partial charge is 0.236 e. The lowest BCUT2D eigenvalue weighted by Gasteiger charge is -2.21. The van der Waals surface area contributed by atoms with Crippen LogP contribution in [0.15, 0.2) is 51.4 Å². The predicted molar refractivity (Wildman–Crippen MR) is 124 cm³/mol. The molecule has 0 bridgehead atoms. The Hall–Kier alpha value is -2.58. The first-order chi connectivity index (χ1) is 14.6. The van der Waals surface area contributed by atoms with Crippen LogP contribution in [0, 0.1) is 6.92 Å². The number of aryl methyl sites for hydroxylation is 1. The Morgan fingerprint density at radius 3 is 2.53 bits per heavy atom. The van der Waals surface area contributed by atoms with Gasteiger partial charge < -0.3 is 13.9 Å². The fraction of sp³-hybridized carbons (Fsp3) is 0.318. The third kappa shape index (κ3) is 4.15. The molecule has 0 radical (unpaired) electrons. The summed E-state index contributed by atoms with van der Waals surface area (Å²) >= 11 is 3.25. The molecule has 4 rings (SSSR count). The summed E-state index contributed by atoms with van der Waals surface area (Å²) in [6, 6.07) is 12.5. The third-order valence-corrected chi connectivity index (χ3v) is 6.94. The van der Waals surface area contributed by atoms with Crippen molar-refractivity contribution in [2.75, 3.05) is 18.0 Å². The zero-order chi connectivity index (χ0) is 21.1. The predicted octanol–water partition coefficient (Wildman–Crippen LogP) is 5.65. The number of thiophene rings is 1. The number of anilines is 1. The summed E-state index contributed by atoms with van der Waals surface area (Å²) < 4.78 is 7.87. The van der Waals surface area contributed by atoms with E-state index in [1.165, 1.54) is 5.69 Å². The topological polar surface area (TPSA) is 60.0 Å². The van der Waals surface area contributed by atoms with Crippen molar-refractivity contribution in [3.8, 4) is 22.2 Å². The SMILES string of the molecule is CCN(CC)c1ccc(-c2nnc(SCc3nc(-c4cccs4)oc3C)n2C)cc1. The second-order valence-electron chi connectivity index (χ2n) is 6.87. The van der Waals surface area contributed by atoms with Crippen LogP contribution < -0.4 is 4.90 Å². The van der Waals surface area contributed by atoms with Crippen molar-refractivity contribution >= 4 is 28.8 Å². The standard InChI is InChI=1S/C22H25N5OS2/c1-5-27(6-2)17-11-9-16(10-12-17)20-24-25-22(26(20)4)30-14-18-15(3)28-21(23-18)19-8-7-13-29-19/h7-13H,5-6,14H2,1-4H3. The van der Waals surface area contributed by atoms with Crippen molar-refractivity contribution < 1.29 is 4.42 Å². The fourth-order valence-corrected chi connectivity index (χ4v) is 4.86. The maximum atomic E-state index is 5.84. The zero-order valence-electron chi connectivity index (χ0n) is 17.6. The molecule has 0 atom stereocenters. The van der Waals surface area contributed by atoms with Gasteiger partial charge in [0, 0.05) is 37.1 Å². The van der Waals surface area contributed by atoms with Gasteiger partial charge in [0.15, 0.2) is 11.0 Å². The molecule has 3 aromatic heterocycles. The van der Waals surface area contributed by atoms with E-state index in [9.17, 15) is 0 Å². The Kier molecular flexibility index (Phi) is 6.24. The molecule has 1 aromatic carbocycles. The Labute approximate surface area is 185 Å². The van der Waals surface area contributed by atoms with Gasteiger partial charge in [0.2, 0.25) is 5.89 Å². The molecule has 0 saturated carbocycles. The van der Waals surface area contributed by atoms with Gasteiger partial charge in [-0.1, -0.05) is 17.8 Å². The van der Waals surface area contributed by atoms with Crippen molar-refractivity contribution in [3.63, 3.8) is 0 Å². The van der Waals surface area contributed by atoms with Crippen LogP contribution in [0.3, 0.4) is 0 Å². The molecule has 0 unspecified atom stereocenters. The van der Waals surface area contributed by atoms with Crippen molar-refractivity contribution in [3.05, 3.63) is 53.2 Å². The minimum atomic E-state index is 0.685. The molecule has 30 heavy (non-hydrogen) atoms. The fourth-order valence-electron chi connectivity index (χ4n) is 3.30. The molecule has 0 spiro atoms. The van der Waals surface area contributed by atoms with Crippen molar-refractivity contribution in [2.45, 2.75) is 31.7 Å². The number of aromatic nitrogens is 4. The molecular weight excluding hydrogens is 414 g/mol. The van der Waals surface area contributed by atoms with Crippen molar-refractivity contribution in [2.24, 2.45) is 7.05 Å². The first kappa shape index (κ1) is 20.7. The highest BCUT2D eigenvalue weighted by molar-refractivity contribution is 7.98. The monoisotopic (exact) mass is 439 g/mol. The molecule has 6 nitrogen and oxygen atoms in total. The quantitative estimate of drug-likeness (QED) is 0.331. The molecule has 8 heteroatoms. The summed E-state index contributed by atoms with van der Waals surface area (Å²) in [5.41, 5.74) is 3.23. The van der Waals surface area contributed by atoms with Gasteiger partial charge in [0.25, 0.3) is 0 Å². The average molecular weight is 440 g/mol. The summed E-state index contributed by atoms with van der Waals surface area (Å²) in [4.78, 5) is 8.04. The van der Waals surface area contributed by atoms with Crippen molar-refractivity contribution in [1.82, 2.24) is 19.7 Å². The van der Waals surface area contributed by atoms with E-state index in [4.69, 9.17) is 4.42 Å². The normalized spacial score (nSPS) is 11.2. The van der Waals surface area contributed by atoms with Crippen LogP contribution in [-0.4, -0.2) is 32.8 Å². The number of oxazole rings is 1. The first-order valence-corrected chi connectivity index (χ1v) is 11.8. The van der Waals surface area contributed by atoms with E-state index in [-0.39, 0.29) is 0 Å². The van der Waals surface area contributed by atoms with Gasteiger partial charge in [-0.05, 0) is 56.5 Å². The minimum absolute atomic E-state index is 0.685. The summed E-state index contributed by atoms with van der Waals surface area (Å²) in [6.45, 7) is 8.29. The Bertz CT molecular complexity index is 1100. The van der Waals surface area contributed by atoms with Crippen LogP contribution in [0.2, 0.25) is 0 Å². The largest absolute Gasteiger partial charge is 0.440 e. The first-order valence-electron chi connectivity index (χ1n) is 9.98. The molecule has 156 valence electrons. The highest BCUT2D eigenvalue weighted by Crippen LogP contribution is 2.30. The molecule has 0 aliphatic heterocycles. The Balaban J connectivity index is 1.48. The molecule has 3 heterocycles. The number of rotatable bonds is 8. The lowest BCUT2D eigenvalue weighted by Crippen LogP contribution is -2.21. The molecule has 0 N–H and O–H groups in total. The Morgan fingerprint density at radius 2 is 1.87 bits per heavy atom. The molecule has 4 aromatic rings. The van der Waals surface area contributed by atoms with Crippen LogP contribution in [0.4, 0.5) is 5.69 Å².